The molecule has 1 aliphatic rings. The third-order valence-electron chi connectivity index (χ3n) is 3.73. The van der Waals surface area contributed by atoms with E-state index >= 15 is 0 Å². The Bertz CT molecular complexity index is 436. The van der Waals surface area contributed by atoms with E-state index in [1.807, 2.05) is 43.0 Å². The van der Waals surface area contributed by atoms with Crippen LogP contribution in [0.2, 0.25) is 0 Å². The molecule has 0 aliphatic carbocycles. The normalized spacial score (nSPS) is 18.4. The second kappa shape index (κ2) is 6.75. The molecule has 0 saturated carbocycles. The summed E-state index contributed by atoms with van der Waals surface area (Å²) in [7, 11) is 0. The smallest absolute Gasteiger partial charge is 0.263 e. The van der Waals surface area contributed by atoms with Crippen LogP contribution in [-0.2, 0) is 4.79 Å². The average molecular weight is 276 g/mol. The average Bonchev–Trinajstić information content (AvgIpc) is 2.48. The van der Waals surface area contributed by atoms with Gasteiger partial charge in [0.15, 0.2) is 6.10 Å². The van der Waals surface area contributed by atoms with E-state index in [1.54, 1.807) is 0 Å². The molecule has 2 N–H and O–H groups in total. The molecule has 1 unspecified atom stereocenters. The molecule has 4 nitrogen and oxygen atoms in total. The van der Waals surface area contributed by atoms with Crippen LogP contribution in [0, 0.1) is 0 Å². The molecule has 1 aliphatic heterocycles. The molecule has 1 aromatic rings. The van der Waals surface area contributed by atoms with Crippen molar-refractivity contribution in [2.75, 3.05) is 13.1 Å². The van der Waals surface area contributed by atoms with Crippen LogP contribution >= 0.6 is 0 Å². The summed E-state index contributed by atoms with van der Waals surface area (Å²) < 4.78 is 5.73. The Kier molecular flexibility index (Phi) is 5.01. The van der Waals surface area contributed by atoms with Gasteiger partial charge in [-0.3, -0.25) is 4.79 Å². The molecule has 1 aromatic carbocycles. The Morgan fingerprint density at radius 2 is 1.75 bits per heavy atom. The van der Waals surface area contributed by atoms with Crippen molar-refractivity contribution in [1.29, 1.82) is 0 Å². The highest BCUT2D eigenvalue weighted by Gasteiger charge is 2.23. The number of carbonyl (C=O) groups is 1. The quantitative estimate of drug-likeness (QED) is 0.919. The molecule has 0 bridgehead atoms. The van der Waals surface area contributed by atoms with Gasteiger partial charge in [0.2, 0.25) is 0 Å². The lowest BCUT2D eigenvalue weighted by atomic mass is 10.1. The lowest BCUT2D eigenvalue weighted by Gasteiger charge is -2.29. The summed E-state index contributed by atoms with van der Waals surface area (Å²) in [6.45, 7) is 5.47. The number of rotatable bonds is 4. The first kappa shape index (κ1) is 14.9. The lowest BCUT2D eigenvalue weighted by Crippen LogP contribution is -2.43. The maximum absolute atomic E-state index is 12.3. The lowest BCUT2D eigenvalue weighted by molar-refractivity contribution is -0.138. The maximum atomic E-state index is 12.3. The molecule has 0 radical (unpaired) electrons. The van der Waals surface area contributed by atoms with Crippen molar-refractivity contribution >= 4 is 5.91 Å². The van der Waals surface area contributed by atoms with E-state index in [-0.39, 0.29) is 11.9 Å². The van der Waals surface area contributed by atoms with Crippen LogP contribution in [0.1, 0.15) is 44.7 Å². The number of likely N-dealkylation sites (tertiary alicyclic amines) is 1. The number of benzene rings is 1. The number of hydrogen-bond donors (Lipinski definition) is 1. The fourth-order valence-electron chi connectivity index (χ4n) is 2.48. The second-order valence-electron chi connectivity index (χ2n) is 5.50. The topological polar surface area (TPSA) is 55.6 Å². The van der Waals surface area contributed by atoms with Gasteiger partial charge in [-0.25, -0.2) is 0 Å². The zero-order valence-corrected chi connectivity index (χ0v) is 12.3. The minimum absolute atomic E-state index is 0.0106. The predicted octanol–water partition coefficient (Wildman–Crippen LogP) is 2.49. The largest absolute Gasteiger partial charge is 0.481 e. The number of hydrogen-bond acceptors (Lipinski definition) is 3. The van der Waals surface area contributed by atoms with E-state index in [2.05, 4.69) is 0 Å². The van der Waals surface area contributed by atoms with Crippen molar-refractivity contribution in [2.45, 2.75) is 45.3 Å². The maximum Gasteiger partial charge on any atom is 0.263 e. The first-order valence-corrected chi connectivity index (χ1v) is 7.39. The summed E-state index contributed by atoms with van der Waals surface area (Å²) in [6.07, 6.45) is 2.98. The van der Waals surface area contributed by atoms with Crippen LogP contribution in [0.5, 0.6) is 5.75 Å². The molecular formula is C16H24N2O2. The molecule has 110 valence electrons. The van der Waals surface area contributed by atoms with E-state index in [0.29, 0.717) is 5.75 Å². The van der Waals surface area contributed by atoms with E-state index in [0.717, 1.165) is 31.5 Å². The van der Waals surface area contributed by atoms with Gasteiger partial charge in [0.25, 0.3) is 5.91 Å². The van der Waals surface area contributed by atoms with Gasteiger partial charge in [-0.15, -0.1) is 0 Å². The first-order chi connectivity index (χ1) is 9.58. The van der Waals surface area contributed by atoms with Crippen molar-refractivity contribution in [1.82, 2.24) is 4.90 Å². The predicted molar refractivity (Wildman–Crippen MR) is 79.6 cm³/mol. The minimum atomic E-state index is -0.436. The van der Waals surface area contributed by atoms with Crippen LogP contribution in [-0.4, -0.2) is 30.0 Å². The third kappa shape index (κ3) is 3.73. The van der Waals surface area contributed by atoms with Crippen molar-refractivity contribution < 1.29 is 9.53 Å². The van der Waals surface area contributed by atoms with Crippen LogP contribution < -0.4 is 10.5 Å². The van der Waals surface area contributed by atoms with E-state index in [1.165, 1.54) is 6.42 Å². The van der Waals surface area contributed by atoms with E-state index in [4.69, 9.17) is 10.5 Å². The van der Waals surface area contributed by atoms with Crippen LogP contribution in [0.15, 0.2) is 24.3 Å². The molecule has 0 aromatic heterocycles. The summed E-state index contributed by atoms with van der Waals surface area (Å²) in [5, 5.41) is 0. The highest BCUT2D eigenvalue weighted by molar-refractivity contribution is 5.81. The highest BCUT2D eigenvalue weighted by atomic mass is 16.5. The zero-order chi connectivity index (χ0) is 14.5. The van der Waals surface area contributed by atoms with Gasteiger partial charge in [-0.05, 0) is 50.8 Å². The fraction of sp³-hybridized carbons (Fsp3) is 0.562. The second-order valence-corrected chi connectivity index (χ2v) is 5.50. The van der Waals surface area contributed by atoms with Gasteiger partial charge in [-0.2, -0.15) is 0 Å². The van der Waals surface area contributed by atoms with Gasteiger partial charge >= 0.3 is 0 Å². The molecule has 1 heterocycles. The first-order valence-electron chi connectivity index (χ1n) is 7.39. The van der Waals surface area contributed by atoms with Gasteiger partial charge in [0.05, 0.1) is 0 Å². The van der Waals surface area contributed by atoms with E-state index in [9.17, 15) is 4.79 Å². The van der Waals surface area contributed by atoms with Crippen LogP contribution in [0.25, 0.3) is 0 Å². The molecule has 2 rings (SSSR count). The SMILES string of the molecule is CC(Oc1ccc([C@H](C)N)cc1)C(=O)N1CCCCC1. The van der Waals surface area contributed by atoms with Gasteiger partial charge in [0.1, 0.15) is 5.75 Å². The van der Waals surface area contributed by atoms with E-state index < -0.39 is 6.10 Å². The Balaban J connectivity index is 1.92. The van der Waals surface area contributed by atoms with Gasteiger partial charge in [0, 0.05) is 19.1 Å². The standard InChI is InChI=1S/C16H24N2O2/c1-12(17)14-6-8-15(9-7-14)20-13(2)16(19)18-10-4-3-5-11-18/h6-9,12-13H,3-5,10-11,17H2,1-2H3/t12-,13?/m0/s1. The highest BCUT2D eigenvalue weighted by Crippen LogP contribution is 2.18. The van der Waals surface area contributed by atoms with Crippen LogP contribution in [0.3, 0.4) is 0 Å². The molecule has 20 heavy (non-hydrogen) atoms. The Hall–Kier alpha value is -1.55. The third-order valence-corrected chi connectivity index (χ3v) is 3.73. The molecule has 1 amide bonds. The van der Waals surface area contributed by atoms with Gasteiger partial charge in [-0.1, -0.05) is 12.1 Å². The molecule has 0 spiro atoms. The molecular weight excluding hydrogens is 252 g/mol. The van der Waals surface area contributed by atoms with Gasteiger partial charge < -0.3 is 15.4 Å². The number of carbonyl (C=O) groups excluding carboxylic acids is 1. The van der Waals surface area contributed by atoms with Crippen molar-refractivity contribution in [3.8, 4) is 5.75 Å². The summed E-state index contributed by atoms with van der Waals surface area (Å²) >= 11 is 0. The summed E-state index contributed by atoms with van der Waals surface area (Å²) in [5.74, 6) is 0.799. The van der Waals surface area contributed by atoms with Crippen molar-refractivity contribution in [3.63, 3.8) is 0 Å². The Morgan fingerprint density at radius 1 is 1.15 bits per heavy atom. The fourth-order valence-corrected chi connectivity index (χ4v) is 2.48. The number of ether oxygens (including phenoxy) is 1. The Morgan fingerprint density at radius 3 is 2.30 bits per heavy atom. The summed E-state index contributed by atoms with van der Waals surface area (Å²) in [6, 6.07) is 7.64. The summed E-state index contributed by atoms with van der Waals surface area (Å²) in [4.78, 5) is 14.2. The monoisotopic (exact) mass is 276 g/mol. The van der Waals surface area contributed by atoms with Crippen molar-refractivity contribution in [3.05, 3.63) is 29.8 Å². The number of nitrogens with zero attached hydrogens (tertiary/aromatic N) is 1. The summed E-state index contributed by atoms with van der Waals surface area (Å²) in [5.41, 5.74) is 6.87. The van der Waals surface area contributed by atoms with Crippen molar-refractivity contribution in [2.24, 2.45) is 5.73 Å². The number of nitrogens with two attached hydrogens (primary N) is 1. The number of amides is 1. The minimum Gasteiger partial charge on any atom is -0.481 e. The number of piperidine rings is 1. The molecule has 1 fully saturated rings. The molecule has 2 atom stereocenters. The zero-order valence-electron chi connectivity index (χ0n) is 12.3. The Labute approximate surface area is 120 Å². The molecule has 1 saturated heterocycles. The van der Waals surface area contributed by atoms with Crippen LogP contribution in [0.4, 0.5) is 0 Å². The molecule has 4 heteroatoms.